The highest BCUT2D eigenvalue weighted by molar-refractivity contribution is 7.13. The van der Waals surface area contributed by atoms with Gasteiger partial charge in [-0.25, -0.2) is 0 Å². The molecule has 1 fully saturated rings. The number of amides is 2. The molecule has 7 heteroatoms. The minimum Gasteiger partial charge on any atom is -0.348 e. The number of hydrogen-bond donors (Lipinski definition) is 1. The van der Waals surface area contributed by atoms with E-state index in [0.29, 0.717) is 30.8 Å². The van der Waals surface area contributed by atoms with Gasteiger partial charge >= 0.3 is 0 Å². The van der Waals surface area contributed by atoms with Crippen molar-refractivity contribution in [3.8, 4) is 10.6 Å². The standard InChI is InChI=1S/C26H24N4O2S/c31-24-9-4-14-30(24)21-12-10-19(11-13-21)16-27-26(32)22-18-29(17-20-6-2-1-3-7-20)28-25(22)23-8-5-15-33-23/h1-3,5-8,10-13,15,18H,4,9,14,16-17H2,(H,27,32). The average Bonchev–Trinajstić information content (AvgIpc) is 3.60. The Balaban J connectivity index is 1.31. The zero-order valence-electron chi connectivity index (χ0n) is 18.1. The van der Waals surface area contributed by atoms with E-state index in [1.807, 2.05) is 87.9 Å². The summed E-state index contributed by atoms with van der Waals surface area (Å²) < 4.78 is 1.82. The highest BCUT2D eigenvalue weighted by atomic mass is 32.1. The van der Waals surface area contributed by atoms with Crippen LogP contribution in [0.1, 0.15) is 34.3 Å². The van der Waals surface area contributed by atoms with E-state index in [9.17, 15) is 9.59 Å². The number of carbonyl (C=O) groups is 2. The molecule has 33 heavy (non-hydrogen) atoms. The van der Waals surface area contributed by atoms with Crippen molar-refractivity contribution in [2.45, 2.75) is 25.9 Å². The molecule has 0 unspecified atom stereocenters. The lowest BCUT2D eigenvalue weighted by atomic mass is 10.1. The largest absolute Gasteiger partial charge is 0.348 e. The predicted octanol–water partition coefficient (Wildman–Crippen LogP) is 4.72. The van der Waals surface area contributed by atoms with Gasteiger partial charge in [0.05, 0.1) is 17.0 Å². The number of benzene rings is 2. The van der Waals surface area contributed by atoms with Gasteiger partial charge in [0.1, 0.15) is 5.69 Å². The molecule has 1 aliphatic heterocycles. The molecule has 0 bridgehead atoms. The van der Waals surface area contributed by atoms with Crippen molar-refractivity contribution in [2.24, 2.45) is 0 Å². The molecule has 0 spiro atoms. The topological polar surface area (TPSA) is 67.2 Å². The number of rotatable bonds is 7. The summed E-state index contributed by atoms with van der Waals surface area (Å²) in [7, 11) is 0. The Morgan fingerprint density at radius 2 is 1.82 bits per heavy atom. The van der Waals surface area contributed by atoms with Gasteiger partial charge in [-0.3, -0.25) is 14.3 Å². The quantitative estimate of drug-likeness (QED) is 0.438. The predicted molar refractivity (Wildman–Crippen MR) is 130 cm³/mol. The van der Waals surface area contributed by atoms with Crippen LogP contribution in [0.5, 0.6) is 0 Å². The summed E-state index contributed by atoms with van der Waals surface area (Å²) in [5.41, 5.74) is 4.28. The van der Waals surface area contributed by atoms with Crippen LogP contribution in [0.4, 0.5) is 5.69 Å². The molecule has 1 aliphatic rings. The molecule has 2 amide bonds. The molecule has 5 rings (SSSR count). The molecule has 6 nitrogen and oxygen atoms in total. The zero-order chi connectivity index (χ0) is 22.6. The van der Waals surface area contributed by atoms with Gasteiger partial charge in [0, 0.05) is 31.4 Å². The highest BCUT2D eigenvalue weighted by Gasteiger charge is 2.22. The monoisotopic (exact) mass is 456 g/mol. The molecule has 3 heterocycles. The average molecular weight is 457 g/mol. The lowest BCUT2D eigenvalue weighted by Crippen LogP contribution is -2.24. The lowest BCUT2D eigenvalue weighted by molar-refractivity contribution is -0.117. The van der Waals surface area contributed by atoms with Gasteiger partial charge in [-0.2, -0.15) is 5.10 Å². The molecule has 1 N–H and O–H groups in total. The number of carbonyl (C=O) groups excluding carboxylic acids is 2. The van der Waals surface area contributed by atoms with Gasteiger partial charge in [0.25, 0.3) is 5.91 Å². The van der Waals surface area contributed by atoms with E-state index in [1.54, 1.807) is 11.3 Å². The Hall–Kier alpha value is -3.71. The van der Waals surface area contributed by atoms with Crippen LogP contribution >= 0.6 is 11.3 Å². The number of hydrogen-bond acceptors (Lipinski definition) is 4. The Morgan fingerprint density at radius 3 is 2.52 bits per heavy atom. The van der Waals surface area contributed by atoms with Gasteiger partial charge in [0.15, 0.2) is 0 Å². The minimum absolute atomic E-state index is 0.156. The third-order valence-corrected chi connectivity index (χ3v) is 6.60. The molecule has 0 saturated carbocycles. The fraction of sp³-hybridized carbons (Fsp3) is 0.192. The fourth-order valence-corrected chi connectivity index (χ4v) is 4.75. The molecule has 1 saturated heterocycles. The van der Waals surface area contributed by atoms with E-state index in [2.05, 4.69) is 5.32 Å². The third-order valence-electron chi connectivity index (χ3n) is 5.72. The van der Waals surface area contributed by atoms with Crippen LogP contribution in [0.3, 0.4) is 0 Å². The maximum absolute atomic E-state index is 13.1. The number of anilines is 1. The number of thiophene rings is 1. The Bertz CT molecular complexity index is 1250. The SMILES string of the molecule is O=C(NCc1ccc(N2CCCC2=O)cc1)c1cn(Cc2ccccc2)nc1-c1cccs1. The van der Waals surface area contributed by atoms with Crippen LogP contribution in [0.15, 0.2) is 78.3 Å². The van der Waals surface area contributed by atoms with E-state index in [4.69, 9.17) is 5.10 Å². The molecule has 0 radical (unpaired) electrons. The normalized spacial score (nSPS) is 13.5. The van der Waals surface area contributed by atoms with Crippen molar-refractivity contribution in [3.05, 3.63) is 95.0 Å². The smallest absolute Gasteiger partial charge is 0.255 e. The summed E-state index contributed by atoms with van der Waals surface area (Å²) in [6, 6.07) is 21.8. The van der Waals surface area contributed by atoms with E-state index in [-0.39, 0.29) is 11.8 Å². The Kier molecular flexibility index (Phi) is 6.04. The summed E-state index contributed by atoms with van der Waals surface area (Å²) in [5, 5.41) is 9.73. The first-order valence-electron chi connectivity index (χ1n) is 11.0. The molecular formula is C26H24N4O2S. The number of nitrogens with one attached hydrogen (secondary N) is 1. The second-order valence-corrected chi connectivity index (χ2v) is 9.00. The van der Waals surface area contributed by atoms with Crippen molar-refractivity contribution >= 4 is 28.8 Å². The van der Waals surface area contributed by atoms with E-state index in [0.717, 1.165) is 34.7 Å². The van der Waals surface area contributed by atoms with E-state index in [1.165, 1.54) is 0 Å². The first-order chi connectivity index (χ1) is 16.2. The van der Waals surface area contributed by atoms with Crippen LogP contribution in [0.2, 0.25) is 0 Å². The van der Waals surface area contributed by atoms with Gasteiger partial charge in [-0.1, -0.05) is 48.5 Å². The fourth-order valence-electron chi connectivity index (χ4n) is 4.03. The third kappa shape index (κ3) is 4.73. The van der Waals surface area contributed by atoms with Crippen LogP contribution in [-0.4, -0.2) is 28.1 Å². The first-order valence-corrected chi connectivity index (χ1v) is 11.9. The molecule has 0 atom stereocenters. The van der Waals surface area contributed by atoms with Crippen LogP contribution in [0, 0.1) is 0 Å². The summed E-state index contributed by atoms with van der Waals surface area (Å²) in [4.78, 5) is 27.8. The first kappa shape index (κ1) is 21.2. The molecular weight excluding hydrogens is 432 g/mol. The summed E-state index contributed by atoms with van der Waals surface area (Å²) in [6.45, 7) is 1.78. The van der Waals surface area contributed by atoms with Gasteiger partial charge in [0.2, 0.25) is 5.91 Å². The van der Waals surface area contributed by atoms with Crippen LogP contribution < -0.4 is 10.2 Å². The van der Waals surface area contributed by atoms with Crippen LogP contribution in [0.25, 0.3) is 10.6 Å². The maximum Gasteiger partial charge on any atom is 0.255 e. The van der Waals surface area contributed by atoms with Gasteiger partial charge < -0.3 is 10.2 Å². The lowest BCUT2D eigenvalue weighted by Gasteiger charge is -2.16. The second kappa shape index (κ2) is 9.42. The van der Waals surface area contributed by atoms with Crippen molar-refractivity contribution in [1.82, 2.24) is 15.1 Å². The molecule has 4 aromatic rings. The molecule has 0 aliphatic carbocycles. The van der Waals surface area contributed by atoms with E-state index >= 15 is 0 Å². The Labute approximate surface area is 196 Å². The second-order valence-electron chi connectivity index (χ2n) is 8.05. The van der Waals surface area contributed by atoms with Crippen molar-refractivity contribution in [2.75, 3.05) is 11.4 Å². The van der Waals surface area contributed by atoms with Gasteiger partial charge in [-0.05, 0) is 41.1 Å². The van der Waals surface area contributed by atoms with Crippen LogP contribution in [-0.2, 0) is 17.9 Å². The van der Waals surface area contributed by atoms with Crippen molar-refractivity contribution in [3.63, 3.8) is 0 Å². The summed E-state index contributed by atoms with van der Waals surface area (Å²) in [6.07, 6.45) is 3.34. The molecule has 166 valence electrons. The van der Waals surface area contributed by atoms with E-state index < -0.39 is 0 Å². The molecule has 2 aromatic carbocycles. The summed E-state index contributed by atoms with van der Waals surface area (Å²) in [5.74, 6) is 0.0150. The number of nitrogens with zero attached hydrogens (tertiary/aromatic N) is 3. The van der Waals surface area contributed by atoms with Crippen molar-refractivity contribution < 1.29 is 9.59 Å². The Morgan fingerprint density at radius 1 is 1.00 bits per heavy atom. The minimum atomic E-state index is -0.156. The highest BCUT2D eigenvalue weighted by Crippen LogP contribution is 2.27. The maximum atomic E-state index is 13.1. The van der Waals surface area contributed by atoms with Gasteiger partial charge in [-0.15, -0.1) is 11.3 Å². The molecule has 2 aromatic heterocycles. The van der Waals surface area contributed by atoms with Crippen molar-refractivity contribution in [1.29, 1.82) is 0 Å². The number of aromatic nitrogens is 2. The zero-order valence-corrected chi connectivity index (χ0v) is 18.9. The summed E-state index contributed by atoms with van der Waals surface area (Å²) >= 11 is 1.57.